The van der Waals surface area contributed by atoms with Gasteiger partial charge >= 0.3 is 0 Å². The van der Waals surface area contributed by atoms with Crippen molar-refractivity contribution >= 4 is 34.5 Å². The summed E-state index contributed by atoms with van der Waals surface area (Å²) in [6.07, 6.45) is 2.63. The molecule has 0 aliphatic carbocycles. The molecule has 0 saturated carbocycles. The Hall–Kier alpha value is -3.27. The van der Waals surface area contributed by atoms with Crippen LogP contribution in [0.4, 0.5) is 17.6 Å². The fraction of sp³-hybridized carbons (Fsp3) is 0.522. The molecule has 1 amide bonds. The maximum Gasteiger partial charge on any atom is 0.227 e. The predicted octanol–water partition coefficient (Wildman–Crippen LogP) is 3.13. The molecule has 3 aromatic rings. The van der Waals surface area contributed by atoms with E-state index in [2.05, 4.69) is 17.2 Å². The van der Waals surface area contributed by atoms with E-state index in [-0.39, 0.29) is 5.91 Å². The van der Waals surface area contributed by atoms with Crippen molar-refractivity contribution < 1.29 is 9.53 Å². The maximum atomic E-state index is 12.2. The molecule has 178 valence electrons. The summed E-state index contributed by atoms with van der Waals surface area (Å²) >= 11 is 0. The summed E-state index contributed by atoms with van der Waals surface area (Å²) in [5, 5.41) is 8.20. The lowest BCUT2D eigenvalue weighted by Gasteiger charge is -2.19. The Bertz CT molecular complexity index is 1100. The molecule has 10 heteroatoms. The lowest BCUT2D eigenvalue weighted by Crippen LogP contribution is -2.29. The molecule has 0 saturated heterocycles. The summed E-state index contributed by atoms with van der Waals surface area (Å²) in [4.78, 5) is 29.9. The summed E-state index contributed by atoms with van der Waals surface area (Å²) in [7, 11) is 3.79. The monoisotopic (exact) mass is 454 g/mol. The number of rotatable bonds is 11. The van der Waals surface area contributed by atoms with E-state index in [0.29, 0.717) is 55.9 Å². The number of nitrogens with zero attached hydrogens (tertiary/aromatic N) is 7. The minimum atomic E-state index is 0.0121. The molecule has 3 aromatic heterocycles. The molecule has 10 nitrogen and oxygen atoms in total. The molecule has 0 aliphatic rings. The van der Waals surface area contributed by atoms with Gasteiger partial charge in [0.25, 0.3) is 0 Å². The van der Waals surface area contributed by atoms with Gasteiger partial charge in [-0.25, -0.2) is 9.97 Å². The van der Waals surface area contributed by atoms with Crippen molar-refractivity contribution in [3.05, 3.63) is 29.6 Å². The van der Waals surface area contributed by atoms with Crippen LogP contribution in [0.2, 0.25) is 0 Å². The number of carbonyl (C=O) groups is 1. The summed E-state index contributed by atoms with van der Waals surface area (Å²) < 4.78 is 7.45. The molecule has 0 fully saturated rings. The van der Waals surface area contributed by atoms with Gasteiger partial charge in [-0.2, -0.15) is 10.1 Å². The number of pyridine rings is 1. The number of aromatic nitrogens is 5. The van der Waals surface area contributed by atoms with Gasteiger partial charge in [0.15, 0.2) is 5.82 Å². The molecule has 1 N–H and O–H groups in total. The number of ether oxygens (including phenoxy) is 1. The number of aryl methyl sites for hydroxylation is 1. The highest BCUT2D eigenvalue weighted by Crippen LogP contribution is 2.29. The van der Waals surface area contributed by atoms with Crippen molar-refractivity contribution in [2.24, 2.45) is 0 Å². The first-order valence-electron chi connectivity index (χ1n) is 11.3. The maximum absolute atomic E-state index is 12.2. The van der Waals surface area contributed by atoms with E-state index in [1.807, 2.05) is 49.7 Å². The van der Waals surface area contributed by atoms with Crippen molar-refractivity contribution in [3.8, 4) is 0 Å². The molecule has 0 bridgehead atoms. The van der Waals surface area contributed by atoms with Crippen LogP contribution in [0.15, 0.2) is 18.3 Å². The fourth-order valence-corrected chi connectivity index (χ4v) is 3.51. The third-order valence-corrected chi connectivity index (χ3v) is 5.14. The lowest BCUT2D eigenvalue weighted by molar-refractivity contribution is -0.129. The van der Waals surface area contributed by atoms with Crippen LogP contribution in [0, 0.1) is 6.92 Å². The number of anilines is 3. The minimum absolute atomic E-state index is 0.0121. The van der Waals surface area contributed by atoms with Crippen LogP contribution >= 0.6 is 0 Å². The van der Waals surface area contributed by atoms with Crippen LogP contribution in [0.1, 0.15) is 38.4 Å². The van der Waals surface area contributed by atoms with Crippen molar-refractivity contribution in [3.63, 3.8) is 0 Å². The number of hydrogen-bond acceptors (Lipinski definition) is 8. The Morgan fingerprint density at radius 1 is 1.24 bits per heavy atom. The Balaban J connectivity index is 2.16. The van der Waals surface area contributed by atoms with E-state index in [1.54, 1.807) is 18.0 Å². The van der Waals surface area contributed by atoms with Crippen molar-refractivity contribution in [1.29, 1.82) is 0 Å². The Morgan fingerprint density at radius 2 is 2.03 bits per heavy atom. The highest BCUT2D eigenvalue weighted by molar-refractivity contribution is 5.90. The van der Waals surface area contributed by atoms with Gasteiger partial charge in [0.2, 0.25) is 11.9 Å². The lowest BCUT2D eigenvalue weighted by atomic mass is 10.2. The first-order chi connectivity index (χ1) is 15.8. The van der Waals surface area contributed by atoms with E-state index in [0.717, 1.165) is 23.2 Å². The topological polar surface area (TPSA) is 101 Å². The van der Waals surface area contributed by atoms with Crippen LogP contribution in [0.25, 0.3) is 11.0 Å². The second kappa shape index (κ2) is 11.0. The molecular formula is C23H34N8O2. The number of amides is 1. The summed E-state index contributed by atoms with van der Waals surface area (Å²) in [6, 6.07) is 3.91. The molecule has 0 aromatic carbocycles. The zero-order valence-electron chi connectivity index (χ0n) is 20.4. The Morgan fingerprint density at radius 3 is 2.67 bits per heavy atom. The van der Waals surface area contributed by atoms with Crippen LogP contribution in [-0.4, -0.2) is 69.4 Å². The molecule has 0 radical (unpaired) electrons. The second-order valence-electron chi connectivity index (χ2n) is 8.11. The predicted molar refractivity (Wildman–Crippen MR) is 130 cm³/mol. The molecule has 33 heavy (non-hydrogen) atoms. The van der Waals surface area contributed by atoms with E-state index in [4.69, 9.17) is 19.8 Å². The SMILES string of the molecule is CCCN(Cc1nn(CCOCC)c2c(Nc3cc(C)ccn3)nc(N(C)C)nc12)C(C)=O. The molecule has 3 heterocycles. The molecule has 0 spiro atoms. The smallest absolute Gasteiger partial charge is 0.227 e. The van der Waals surface area contributed by atoms with Gasteiger partial charge in [-0.05, 0) is 38.0 Å². The van der Waals surface area contributed by atoms with Crippen LogP contribution in [0.3, 0.4) is 0 Å². The third kappa shape index (κ3) is 5.95. The number of hydrogen-bond donors (Lipinski definition) is 1. The average Bonchev–Trinajstić information content (AvgIpc) is 3.11. The largest absolute Gasteiger partial charge is 0.380 e. The normalized spacial score (nSPS) is 11.1. The van der Waals surface area contributed by atoms with E-state index < -0.39 is 0 Å². The van der Waals surface area contributed by atoms with Gasteiger partial charge < -0.3 is 19.9 Å². The summed E-state index contributed by atoms with van der Waals surface area (Å²) in [5.74, 6) is 1.86. The van der Waals surface area contributed by atoms with E-state index in [9.17, 15) is 4.79 Å². The zero-order valence-corrected chi connectivity index (χ0v) is 20.4. The first-order valence-corrected chi connectivity index (χ1v) is 11.3. The summed E-state index contributed by atoms with van der Waals surface area (Å²) in [6.45, 7) is 10.3. The number of fused-ring (bicyclic) bond motifs is 1. The fourth-order valence-electron chi connectivity index (χ4n) is 3.51. The third-order valence-electron chi connectivity index (χ3n) is 5.14. The highest BCUT2D eigenvalue weighted by atomic mass is 16.5. The molecule has 3 rings (SSSR count). The standard InChI is InChI=1S/C23H34N8O2/c1-7-11-30(17(4)32)15-18-20-21(31(28-18)12-13-33-8-2)22(27-23(26-20)29(5)6)25-19-14-16(3)9-10-24-19/h9-10,14H,7-8,11-13,15H2,1-6H3,(H,24,25,26,27). The molecule has 0 aliphatic heterocycles. The minimum Gasteiger partial charge on any atom is -0.380 e. The average molecular weight is 455 g/mol. The van der Waals surface area contributed by atoms with Gasteiger partial charge in [0.1, 0.15) is 22.5 Å². The zero-order chi connectivity index (χ0) is 24.0. The first kappa shape index (κ1) is 24.4. The van der Waals surface area contributed by atoms with Gasteiger partial charge in [-0.15, -0.1) is 0 Å². The van der Waals surface area contributed by atoms with Gasteiger partial charge in [0.05, 0.1) is 19.7 Å². The van der Waals surface area contributed by atoms with E-state index in [1.165, 1.54) is 0 Å². The second-order valence-corrected chi connectivity index (χ2v) is 8.11. The Kier molecular flexibility index (Phi) is 8.16. The van der Waals surface area contributed by atoms with E-state index >= 15 is 0 Å². The van der Waals surface area contributed by atoms with Gasteiger partial charge in [-0.1, -0.05) is 6.92 Å². The summed E-state index contributed by atoms with van der Waals surface area (Å²) in [5.41, 5.74) is 3.30. The van der Waals surface area contributed by atoms with Gasteiger partial charge in [0, 0.05) is 40.4 Å². The van der Waals surface area contributed by atoms with Crippen LogP contribution < -0.4 is 10.2 Å². The molecular weight excluding hydrogens is 420 g/mol. The van der Waals surface area contributed by atoms with Crippen LogP contribution in [-0.2, 0) is 22.6 Å². The Labute approximate surface area is 195 Å². The molecule has 0 unspecified atom stereocenters. The van der Waals surface area contributed by atoms with Crippen molar-refractivity contribution in [2.45, 2.75) is 47.2 Å². The van der Waals surface area contributed by atoms with Crippen molar-refractivity contribution in [2.75, 3.05) is 44.1 Å². The quantitative estimate of drug-likeness (QED) is 0.441. The van der Waals surface area contributed by atoms with Crippen LogP contribution in [0.5, 0.6) is 0 Å². The molecule has 0 atom stereocenters. The van der Waals surface area contributed by atoms with Crippen molar-refractivity contribution in [1.82, 2.24) is 29.6 Å². The highest BCUT2D eigenvalue weighted by Gasteiger charge is 2.22. The van der Waals surface area contributed by atoms with Gasteiger partial charge in [-0.3, -0.25) is 9.48 Å². The number of nitrogens with one attached hydrogen (secondary N) is 1. The number of carbonyl (C=O) groups excluding carboxylic acids is 1.